The molecule has 2 nitrogen and oxygen atoms in total. The molecule has 4 heteroatoms. The summed E-state index contributed by atoms with van der Waals surface area (Å²) in [6, 6.07) is 11.4. The minimum atomic E-state index is 0.214. The van der Waals surface area contributed by atoms with Gasteiger partial charge in [0.15, 0.2) is 0 Å². The van der Waals surface area contributed by atoms with Crippen molar-refractivity contribution in [1.29, 1.82) is 0 Å². The Balaban J connectivity index is 2.29. The average Bonchev–Trinajstić information content (AvgIpc) is 2.56. The van der Waals surface area contributed by atoms with E-state index in [9.17, 15) is 0 Å². The van der Waals surface area contributed by atoms with Gasteiger partial charge in [-0.25, -0.2) is 0 Å². The van der Waals surface area contributed by atoms with Crippen molar-refractivity contribution in [1.82, 2.24) is 0 Å². The molecule has 0 aliphatic carbocycles. The Kier molecular flexibility index (Phi) is 6.37. The standard InChI is InChI=1S/C19H20Cl2O2/c1-4-13(17-10-8-15(20)11-18(17)21)5-6-14-7-9-16(22-2)12-19(14)23-3/h5-13H,4H2,1-3H3/b6-5+. The van der Waals surface area contributed by atoms with Gasteiger partial charge < -0.3 is 9.47 Å². The van der Waals surface area contributed by atoms with E-state index < -0.39 is 0 Å². The van der Waals surface area contributed by atoms with Crippen molar-refractivity contribution in [2.45, 2.75) is 19.3 Å². The van der Waals surface area contributed by atoms with Gasteiger partial charge in [-0.15, -0.1) is 0 Å². The third kappa shape index (κ3) is 4.43. The molecule has 2 rings (SSSR count). The average molecular weight is 351 g/mol. The molecule has 0 bridgehead atoms. The molecule has 1 atom stereocenters. The Bertz CT molecular complexity index is 696. The molecule has 1 unspecified atom stereocenters. The van der Waals surface area contributed by atoms with Gasteiger partial charge in [-0.2, -0.15) is 0 Å². The van der Waals surface area contributed by atoms with Gasteiger partial charge in [0.25, 0.3) is 0 Å². The van der Waals surface area contributed by atoms with Crippen LogP contribution >= 0.6 is 23.2 Å². The van der Waals surface area contributed by atoms with Crippen LogP contribution in [0.5, 0.6) is 11.5 Å². The van der Waals surface area contributed by atoms with Gasteiger partial charge in [-0.1, -0.05) is 48.3 Å². The highest BCUT2D eigenvalue weighted by atomic mass is 35.5. The second-order valence-electron chi connectivity index (χ2n) is 5.15. The summed E-state index contributed by atoms with van der Waals surface area (Å²) in [7, 11) is 3.29. The van der Waals surface area contributed by atoms with E-state index in [4.69, 9.17) is 32.7 Å². The van der Waals surface area contributed by atoms with E-state index in [1.54, 1.807) is 20.3 Å². The predicted octanol–water partition coefficient (Wildman–Crippen LogP) is 6.22. The lowest BCUT2D eigenvalue weighted by atomic mass is 9.95. The lowest BCUT2D eigenvalue weighted by molar-refractivity contribution is 0.393. The van der Waals surface area contributed by atoms with Crippen LogP contribution in [-0.4, -0.2) is 14.2 Å². The molecule has 0 N–H and O–H groups in total. The van der Waals surface area contributed by atoms with Crippen molar-refractivity contribution in [3.05, 3.63) is 63.6 Å². The van der Waals surface area contributed by atoms with Crippen molar-refractivity contribution in [3.8, 4) is 11.5 Å². The first-order valence-electron chi connectivity index (χ1n) is 7.44. The molecule has 2 aromatic carbocycles. The Morgan fingerprint density at radius 3 is 2.43 bits per heavy atom. The maximum Gasteiger partial charge on any atom is 0.129 e. The second kappa shape index (κ2) is 8.28. The topological polar surface area (TPSA) is 18.5 Å². The van der Waals surface area contributed by atoms with E-state index in [1.807, 2.05) is 30.3 Å². The highest BCUT2D eigenvalue weighted by Gasteiger charge is 2.11. The van der Waals surface area contributed by atoms with Crippen molar-refractivity contribution in [2.24, 2.45) is 0 Å². The quantitative estimate of drug-likeness (QED) is 0.615. The van der Waals surface area contributed by atoms with Crippen LogP contribution in [0.15, 0.2) is 42.5 Å². The number of ether oxygens (including phenoxy) is 2. The van der Waals surface area contributed by atoms with Crippen LogP contribution in [0.1, 0.15) is 30.4 Å². The molecular formula is C19H20Cl2O2. The monoisotopic (exact) mass is 350 g/mol. The minimum absolute atomic E-state index is 0.214. The smallest absolute Gasteiger partial charge is 0.129 e. The number of rotatable bonds is 6. The SMILES string of the molecule is CCC(/C=C/c1ccc(OC)cc1OC)c1ccc(Cl)cc1Cl. The number of halogens is 2. The molecule has 122 valence electrons. The number of hydrogen-bond donors (Lipinski definition) is 0. The van der Waals surface area contributed by atoms with Crippen molar-refractivity contribution in [3.63, 3.8) is 0 Å². The summed E-state index contributed by atoms with van der Waals surface area (Å²) < 4.78 is 10.6. The highest BCUT2D eigenvalue weighted by Crippen LogP contribution is 2.32. The first-order valence-corrected chi connectivity index (χ1v) is 8.19. The zero-order valence-electron chi connectivity index (χ0n) is 13.5. The number of benzene rings is 2. The molecule has 0 fully saturated rings. The number of allylic oxidation sites excluding steroid dienone is 1. The lowest BCUT2D eigenvalue weighted by Gasteiger charge is -2.13. The van der Waals surface area contributed by atoms with Crippen LogP contribution in [0.2, 0.25) is 10.0 Å². The molecule has 0 aromatic heterocycles. The van der Waals surface area contributed by atoms with Gasteiger partial charge in [0.2, 0.25) is 0 Å². The van der Waals surface area contributed by atoms with E-state index in [2.05, 4.69) is 19.1 Å². The third-order valence-corrected chi connectivity index (χ3v) is 4.31. The lowest BCUT2D eigenvalue weighted by Crippen LogP contribution is -1.95. The van der Waals surface area contributed by atoms with E-state index in [1.165, 1.54) is 0 Å². The predicted molar refractivity (Wildman–Crippen MR) is 98.1 cm³/mol. The molecule has 0 radical (unpaired) electrons. The molecule has 0 aliphatic heterocycles. The fraction of sp³-hybridized carbons (Fsp3) is 0.263. The summed E-state index contributed by atoms with van der Waals surface area (Å²) in [6.45, 7) is 2.13. The van der Waals surface area contributed by atoms with Crippen molar-refractivity contribution < 1.29 is 9.47 Å². The van der Waals surface area contributed by atoms with Gasteiger partial charge in [0.05, 0.1) is 14.2 Å². The zero-order chi connectivity index (χ0) is 16.8. The van der Waals surface area contributed by atoms with E-state index in [0.717, 1.165) is 29.0 Å². The van der Waals surface area contributed by atoms with E-state index in [0.29, 0.717) is 10.0 Å². The maximum absolute atomic E-state index is 6.32. The third-order valence-electron chi connectivity index (χ3n) is 3.75. The molecule has 0 spiro atoms. The molecule has 0 amide bonds. The molecule has 0 aliphatic rings. The van der Waals surface area contributed by atoms with Crippen molar-refractivity contribution >= 4 is 29.3 Å². The van der Waals surface area contributed by atoms with Crippen LogP contribution in [-0.2, 0) is 0 Å². The maximum atomic E-state index is 6.32. The first kappa shape index (κ1) is 17.7. The Morgan fingerprint density at radius 2 is 1.83 bits per heavy atom. The summed E-state index contributed by atoms with van der Waals surface area (Å²) in [5.74, 6) is 1.76. The minimum Gasteiger partial charge on any atom is -0.497 e. The van der Waals surface area contributed by atoms with Crippen LogP contribution in [0, 0.1) is 0 Å². The number of hydrogen-bond acceptors (Lipinski definition) is 2. The van der Waals surface area contributed by atoms with Gasteiger partial charge in [-0.3, -0.25) is 0 Å². The van der Waals surface area contributed by atoms with E-state index in [-0.39, 0.29) is 5.92 Å². The fourth-order valence-corrected chi connectivity index (χ4v) is 2.99. The van der Waals surface area contributed by atoms with Crippen LogP contribution < -0.4 is 9.47 Å². The second-order valence-corrected chi connectivity index (χ2v) is 5.99. The molecule has 0 saturated carbocycles. The normalized spacial score (nSPS) is 12.4. The summed E-state index contributed by atoms with van der Waals surface area (Å²) in [5, 5.41) is 1.34. The Hall–Kier alpha value is -1.64. The summed E-state index contributed by atoms with van der Waals surface area (Å²) in [4.78, 5) is 0. The van der Waals surface area contributed by atoms with E-state index >= 15 is 0 Å². The van der Waals surface area contributed by atoms with Gasteiger partial charge in [-0.05, 0) is 36.2 Å². The molecule has 0 saturated heterocycles. The van der Waals surface area contributed by atoms with Gasteiger partial charge in [0.1, 0.15) is 11.5 Å². The first-order chi connectivity index (χ1) is 11.1. The van der Waals surface area contributed by atoms with Crippen LogP contribution in [0.25, 0.3) is 6.08 Å². The molecule has 0 heterocycles. The Morgan fingerprint density at radius 1 is 1.04 bits per heavy atom. The molecular weight excluding hydrogens is 331 g/mol. The largest absolute Gasteiger partial charge is 0.497 e. The summed E-state index contributed by atoms with van der Waals surface area (Å²) >= 11 is 12.3. The molecule has 23 heavy (non-hydrogen) atoms. The highest BCUT2D eigenvalue weighted by molar-refractivity contribution is 6.35. The Labute approximate surface area is 147 Å². The van der Waals surface area contributed by atoms with Crippen LogP contribution in [0.4, 0.5) is 0 Å². The number of methoxy groups -OCH3 is 2. The van der Waals surface area contributed by atoms with Crippen molar-refractivity contribution in [2.75, 3.05) is 14.2 Å². The zero-order valence-corrected chi connectivity index (χ0v) is 15.0. The van der Waals surface area contributed by atoms with Gasteiger partial charge in [0, 0.05) is 27.6 Å². The summed E-state index contributed by atoms with van der Waals surface area (Å²) in [6.07, 6.45) is 5.13. The fourth-order valence-electron chi connectivity index (χ4n) is 2.44. The summed E-state index contributed by atoms with van der Waals surface area (Å²) in [5.41, 5.74) is 2.07. The van der Waals surface area contributed by atoms with Gasteiger partial charge >= 0.3 is 0 Å². The molecule has 2 aromatic rings. The van der Waals surface area contributed by atoms with Crippen LogP contribution in [0.3, 0.4) is 0 Å².